The third kappa shape index (κ3) is 2.61. The Bertz CT molecular complexity index is 748. The quantitative estimate of drug-likeness (QED) is 0.623. The molecule has 1 aromatic carbocycles. The molecule has 3 heterocycles. The second kappa shape index (κ2) is 5.96. The highest BCUT2D eigenvalue weighted by atomic mass is 35.5. The topological polar surface area (TPSA) is 53.3 Å². The molecule has 124 valence electrons. The van der Waals surface area contributed by atoms with Crippen molar-refractivity contribution in [1.82, 2.24) is 9.55 Å². The normalized spacial score (nSPS) is 25.0. The lowest BCUT2D eigenvalue weighted by atomic mass is 9.74. The molecule has 2 saturated heterocycles. The first-order chi connectivity index (χ1) is 10.6. The standard InChI is InChI=1S/C16H17ClN2O3.ClH/c1-21-15(20)11-2-3-12-13(4-11)19(14(7-17)18-12)9-16-5-10(6-16)8-22-16;/h2-4,10H,5-9H2,1H3;1H. The Morgan fingerprint density at radius 2 is 2.30 bits per heavy atom. The summed E-state index contributed by atoms with van der Waals surface area (Å²) in [6.45, 7) is 1.60. The summed E-state index contributed by atoms with van der Waals surface area (Å²) in [5, 5.41) is 0. The van der Waals surface area contributed by atoms with Crippen LogP contribution in [0, 0.1) is 5.92 Å². The summed E-state index contributed by atoms with van der Waals surface area (Å²) in [5.74, 6) is 1.51. The average molecular weight is 357 g/mol. The van der Waals surface area contributed by atoms with Gasteiger partial charge < -0.3 is 14.0 Å². The minimum absolute atomic E-state index is 0. The molecule has 2 aromatic rings. The molecule has 0 atom stereocenters. The van der Waals surface area contributed by atoms with Crippen molar-refractivity contribution in [2.45, 2.75) is 30.9 Å². The molecule has 3 fully saturated rings. The maximum Gasteiger partial charge on any atom is 0.337 e. The summed E-state index contributed by atoms with van der Waals surface area (Å²) in [6, 6.07) is 5.39. The number of esters is 1. The summed E-state index contributed by atoms with van der Waals surface area (Å²) in [5.41, 5.74) is 2.20. The Hall–Kier alpha value is -1.30. The number of carbonyl (C=O) groups is 1. The smallest absolute Gasteiger partial charge is 0.337 e. The number of alkyl halides is 1. The van der Waals surface area contributed by atoms with Gasteiger partial charge in [-0.1, -0.05) is 0 Å². The Morgan fingerprint density at radius 3 is 2.91 bits per heavy atom. The van der Waals surface area contributed by atoms with Crippen molar-refractivity contribution in [1.29, 1.82) is 0 Å². The molecule has 0 amide bonds. The number of imidazole rings is 1. The lowest BCUT2D eigenvalue weighted by Crippen LogP contribution is -2.41. The zero-order chi connectivity index (χ0) is 15.3. The minimum Gasteiger partial charge on any atom is -0.465 e. The van der Waals surface area contributed by atoms with Crippen molar-refractivity contribution in [2.24, 2.45) is 5.92 Å². The highest BCUT2D eigenvalue weighted by Crippen LogP contribution is 2.49. The maximum atomic E-state index is 11.8. The fourth-order valence-corrected chi connectivity index (χ4v) is 3.89. The van der Waals surface area contributed by atoms with Gasteiger partial charge in [0.25, 0.3) is 0 Å². The average Bonchev–Trinajstić information content (AvgIpc) is 3.19. The zero-order valence-electron chi connectivity index (χ0n) is 12.8. The van der Waals surface area contributed by atoms with Crippen LogP contribution < -0.4 is 0 Å². The molecule has 1 aliphatic carbocycles. The minimum atomic E-state index is -0.346. The van der Waals surface area contributed by atoms with E-state index < -0.39 is 0 Å². The number of hydrogen-bond donors (Lipinski definition) is 0. The van der Waals surface area contributed by atoms with E-state index in [0.717, 1.165) is 42.9 Å². The van der Waals surface area contributed by atoms with E-state index in [-0.39, 0.29) is 24.0 Å². The fraction of sp³-hybridized carbons (Fsp3) is 0.500. The molecule has 0 unspecified atom stereocenters. The number of nitrogens with zero attached hydrogens (tertiary/aromatic N) is 2. The number of aromatic nitrogens is 2. The van der Waals surface area contributed by atoms with Gasteiger partial charge in [-0.05, 0) is 37.0 Å². The monoisotopic (exact) mass is 356 g/mol. The van der Waals surface area contributed by atoms with E-state index in [9.17, 15) is 4.79 Å². The molecule has 0 spiro atoms. The SMILES string of the molecule is COC(=O)c1ccc2nc(CCl)n(CC34CC(CO3)C4)c2c1.Cl. The number of halogens is 2. The summed E-state index contributed by atoms with van der Waals surface area (Å²) in [6.07, 6.45) is 2.20. The van der Waals surface area contributed by atoms with Gasteiger partial charge in [0.05, 0.1) is 48.3 Å². The predicted molar refractivity (Wildman–Crippen MR) is 89.3 cm³/mol. The van der Waals surface area contributed by atoms with Crippen LogP contribution in [0.25, 0.3) is 11.0 Å². The number of ether oxygens (including phenoxy) is 2. The molecule has 5 rings (SSSR count). The maximum absolute atomic E-state index is 11.8. The lowest BCUT2D eigenvalue weighted by molar-refractivity contribution is -0.0131. The van der Waals surface area contributed by atoms with Gasteiger partial charge in [-0.25, -0.2) is 9.78 Å². The molecule has 1 saturated carbocycles. The van der Waals surface area contributed by atoms with Crippen LogP contribution >= 0.6 is 24.0 Å². The van der Waals surface area contributed by atoms with Crippen molar-refractivity contribution < 1.29 is 14.3 Å². The van der Waals surface area contributed by atoms with Crippen LogP contribution in [0.1, 0.15) is 29.0 Å². The predicted octanol–water partition coefficient (Wildman–Crippen LogP) is 3.16. The number of hydrogen-bond acceptors (Lipinski definition) is 4. The molecule has 7 heteroatoms. The van der Waals surface area contributed by atoms with E-state index in [2.05, 4.69) is 9.55 Å². The molecule has 1 aromatic heterocycles. The molecule has 3 aliphatic rings. The van der Waals surface area contributed by atoms with Crippen LogP contribution in [-0.2, 0) is 21.9 Å². The van der Waals surface area contributed by atoms with E-state index in [4.69, 9.17) is 21.1 Å². The van der Waals surface area contributed by atoms with E-state index in [1.54, 1.807) is 6.07 Å². The second-order valence-electron chi connectivity index (χ2n) is 6.21. The molecular weight excluding hydrogens is 339 g/mol. The summed E-state index contributed by atoms with van der Waals surface area (Å²) >= 11 is 6.06. The largest absolute Gasteiger partial charge is 0.465 e. The zero-order valence-corrected chi connectivity index (χ0v) is 14.3. The number of methoxy groups -OCH3 is 1. The van der Waals surface area contributed by atoms with Crippen molar-refractivity contribution in [3.05, 3.63) is 29.6 Å². The summed E-state index contributed by atoms with van der Waals surface area (Å²) in [4.78, 5) is 16.3. The number of rotatable bonds is 4. The van der Waals surface area contributed by atoms with Crippen molar-refractivity contribution in [3.8, 4) is 0 Å². The Balaban J connectivity index is 0.00000156. The fourth-order valence-electron chi connectivity index (χ4n) is 3.68. The van der Waals surface area contributed by atoms with Crippen LogP contribution in [0.4, 0.5) is 0 Å². The van der Waals surface area contributed by atoms with Gasteiger partial charge in [0.2, 0.25) is 0 Å². The van der Waals surface area contributed by atoms with Gasteiger partial charge >= 0.3 is 5.97 Å². The molecule has 0 radical (unpaired) electrons. The van der Waals surface area contributed by atoms with Gasteiger partial charge in [-0.15, -0.1) is 24.0 Å². The van der Waals surface area contributed by atoms with Gasteiger partial charge in [0, 0.05) is 0 Å². The summed E-state index contributed by atoms with van der Waals surface area (Å²) < 4.78 is 12.8. The summed E-state index contributed by atoms with van der Waals surface area (Å²) in [7, 11) is 1.38. The third-order valence-corrected chi connectivity index (χ3v) is 5.00. The van der Waals surface area contributed by atoms with Crippen LogP contribution in [0.2, 0.25) is 0 Å². The van der Waals surface area contributed by atoms with Crippen LogP contribution in [-0.4, -0.2) is 34.8 Å². The number of fused-ring (bicyclic) bond motifs is 2. The van der Waals surface area contributed by atoms with Crippen LogP contribution in [0.5, 0.6) is 0 Å². The van der Waals surface area contributed by atoms with Crippen LogP contribution in [0.15, 0.2) is 18.2 Å². The van der Waals surface area contributed by atoms with Gasteiger partial charge in [0.15, 0.2) is 0 Å². The highest BCUT2D eigenvalue weighted by Gasteiger charge is 2.52. The number of carbonyl (C=O) groups excluding carboxylic acids is 1. The second-order valence-corrected chi connectivity index (χ2v) is 6.48. The molecule has 23 heavy (non-hydrogen) atoms. The van der Waals surface area contributed by atoms with Gasteiger partial charge in [0.1, 0.15) is 5.82 Å². The molecular formula is C16H18Cl2N2O3. The first-order valence-electron chi connectivity index (χ1n) is 7.41. The highest BCUT2D eigenvalue weighted by molar-refractivity contribution is 6.16. The van der Waals surface area contributed by atoms with Crippen molar-refractivity contribution in [2.75, 3.05) is 13.7 Å². The van der Waals surface area contributed by atoms with E-state index in [1.165, 1.54) is 7.11 Å². The molecule has 2 bridgehead atoms. The van der Waals surface area contributed by atoms with E-state index in [1.807, 2.05) is 12.1 Å². The Labute approximate surface area is 145 Å². The lowest BCUT2D eigenvalue weighted by Gasteiger charge is -2.36. The Morgan fingerprint density at radius 1 is 1.52 bits per heavy atom. The molecule has 0 N–H and O–H groups in total. The van der Waals surface area contributed by atoms with Crippen molar-refractivity contribution >= 4 is 41.0 Å². The van der Waals surface area contributed by atoms with Crippen LogP contribution in [0.3, 0.4) is 0 Å². The third-order valence-electron chi connectivity index (χ3n) is 4.76. The van der Waals surface area contributed by atoms with Gasteiger partial charge in [-0.2, -0.15) is 0 Å². The van der Waals surface area contributed by atoms with Gasteiger partial charge in [-0.3, -0.25) is 0 Å². The van der Waals surface area contributed by atoms with Crippen molar-refractivity contribution in [3.63, 3.8) is 0 Å². The first kappa shape index (κ1) is 16.6. The van der Waals surface area contributed by atoms with E-state index in [0.29, 0.717) is 17.4 Å². The Kier molecular flexibility index (Phi) is 4.29. The van der Waals surface area contributed by atoms with E-state index >= 15 is 0 Å². The first-order valence-corrected chi connectivity index (χ1v) is 7.95. The number of benzene rings is 1. The molecule has 2 aliphatic heterocycles. The molecule has 5 nitrogen and oxygen atoms in total.